The van der Waals surface area contributed by atoms with E-state index in [1.807, 2.05) is 13.8 Å². The fourth-order valence-corrected chi connectivity index (χ4v) is 9.44. The van der Waals surface area contributed by atoms with E-state index < -0.39 is 55.9 Å². The maximum absolute atomic E-state index is 15.0. The Bertz CT molecular complexity index is 1510. The highest BCUT2D eigenvalue weighted by atomic mass is 32.2. The van der Waals surface area contributed by atoms with Crippen molar-refractivity contribution in [2.24, 2.45) is 11.8 Å². The molecule has 1 amide bonds. The Morgan fingerprint density at radius 3 is 2.20 bits per heavy atom. The molecule has 5 rings (SSSR count). The second-order valence-electron chi connectivity index (χ2n) is 12.1. The van der Waals surface area contributed by atoms with Crippen LogP contribution in [0.3, 0.4) is 0 Å². The van der Waals surface area contributed by atoms with Crippen molar-refractivity contribution < 1.29 is 53.1 Å². The van der Waals surface area contributed by atoms with E-state index in [-0.39, 0.29) is 59.8 Å². The number of halogens is 8. The van der Waals surface area contributed by atoms with Crippen molar-refractivity contribution in [1.29, 1.82) is 0 Å². The predicted octanol–water partition coefficient (Wildman–Crippen LogP) is 6.78. The smallest absolute Gasteiger partial charge is 0.378 e. The average molecular weight is 654 g/mol. The molecule has 3 aliphatic rings. The fraction of sp³-hybridized carbons (Fsp3) is 0.567. The number of sulfone groups is 1. The van der Waals surface area contributed by atoms with Crippen LogP contribution in [0.15, 0.2) is 47.4 Å². The fourth-order valence-electron chi connectivity index (χ4n) is 7.07. The number of likely N-dealkylation sites (tertiary alicyclic amines) is 1. The third kappa shape index (κ3) is 4.90. The van der Waals surface area contributed by atoms with Gasteiger partial charge in [0.05, 0.1) is 17.0 Å². The highest BCUT2D eigenvalue weighted by Crippen LogP contribution is 2.57. The van der Waals surface area contributed by atoms with Gasteiger partial charge in [-0.3, -0.25) is 4.79 Å². The maximum Gasteiger partial charge on any atom is 0.435 e. The molecule has 2 aliphatic heterocycles. The number of carbonyl (C=O) groups is 1. The van der Waals surface area contributed by atoms with Gasteiger partial charge in [-0.15, -0.1) is 0 Å². The molecular weight excluding hydrogens is 622 g/mol. The molecule has 2 heterocycles. The zero-order chi connectivity index (χ0) is 32.5. The minimum Gasteiger partial charge on any atom is -0.378 e. The second-order valence-corrected chi connectivity index (χ2v) is 14.3. The first-order chi connectivity index (χ1) is 20.4. The molecule has 0 radical (unpaired) electrons. The van der Waals surface area contributed by atoms with Gasteiger partial charge >= 0.3 is 18.0 Å². The number of rotatable bonds is 5. The number of carbonyl (C=O) groups excluding carboxylic acids is 1. The van der Waals surface area contributed by atoms with Gasteiger partial charge in [-0.1, -0.05) is 32.0 Å². The molecule has 0 N–H and O–H groups in total. The summed E-state index contributed by atoms with van der Waals surface area (Å²) in [6.07, 6.45) is -12.6. The Balaban J connectivity index is 1.64. The number of hydrogen-bond acceptors (Lipinski definition) is 4. The first-order valence-electron chi connectivity index (χ1n) is 14.2. The minimum atomic E-state index is -6.34. The van der Waals surface area contributed by atoms with Crippen LogP contribution in [0.25, 0.3) is 0 Å². The van der Waals surface area contributed by atoms with Crippen LogP contribution in [0.5, 0.6) is 0 Å². The van der Waals surface area contributed by atoms with Crippen molar-refractivity contribution in [3.05, 3.63) is 65.0 Å². The lowest BCUT2D eigenvalue weighted by Crippen LogP contribution is -2.54. The van der Waals surface area contributed by atoms with Crippen molar-refractivity contribution >= 4 is 15.7 Å². The number of alkyl halides is 7. The van der Waals surface area contributed by atoms with Crippen molar-refractivity contribution in [3.63, 3.8) is 0 Å². The van der Waals surface area contributed by atoms with E-state index in [9.17, 15) is 43.9 Å². The van der Waals surface area contributed by atoms with Crippen LogP contribution >= 0.6 is 0 Å². The Labute approximate surface area is 249 Å². The molecule has 0 saturated carbocycles. The monoisotopic (exact) mass is 653 g/mol. The highest BCUT2D eigenvalue weighted by molar-refractivity contribution is 7.92. The Kier molecular flexibility index (Phi) is 8.13. The Morgan fingerprint density at radius 2 is 1.61 bits per heavy atom. The van der Waals surface area contributed by atoms with E-state index in [2.05, 4.69) is 0 Å². The molecule has 0 spiro atoms. The van der Waals surface area contributed by atoms with Crippen molar-refractivity contribution in [3.8, 4) is 0 Å². The minimum absolute atomic E-state index is 0.0486. The summed E-state index contributed by atoms with van der Waals surface area (Å²) in [4.78, 5) is 15.0. The molecule has 5 nitrogen and oxygen atoms in total. The molecule has 1 aliphatic carbocycles. The van der Waals surface area contributed by atoms with Crippen molar-refractivity contribution in [2.45, 2.75) is 85.8 Å². The van der Waals surface area contributed by atoms with E-state index in [1.54, 1.807) is 0 Å². The maximum atomic E-state index is 15.0. The van der Waals surface area contributed by atoms with Crippen LogP contribution in [-0.2, 0) is 36.2 Å². The van der Waals surface area contributed by atoms with E-state index in [4.69, 9.17) is 4.74 Å². The van der Waals surface area contributed by atoms with E-state index in [0.29, 0.717) is 31.6 Å². The van der Waals surface area contributed by atoms with Gasteiger partial charge in [0.1, 0.15) is 10.6 Å². The largest absolute Gasteiger partial charge is 0.435 e. The summed E-state index contributed by atoms with van der Waals surface area (Å²) in [5.41, 5.74) is -7.70. The molecule has 2 aromatic rings. The third-order valence-electron chi connectivity index (χ3n) is 9.36. The lowest BCUT2D eigenvalue weighted by Gasteiger charge is -2.44. The Hall–Kier alpha value is -2.74. The molecular formula is C30H31F8NO4S. The van der Waals surface area contributed by atoms with Crippen molar-refractivity contribution in [2.75, 3.05) is 13.2 Å². The third-order valence-corrected chi connectivity index (χ3v) is 11.9. The molecule has 14 heteroatoms. The van der Waals surface area contributed by atoms with Gasteiger partial charge in [-0.2, -0.15) is 26.3 Å². The lowest BCUT2D eigenvalue weighted by atomic mass is 9.76. The number of hydrogen-bond donors (Lipinski definition) is 0. The molecule has 44 heavy (non-hydrogen) atoms. The number of nitrogens with zero attached hydrogens (tertiary/aromatic N) is 1. The molecule has 2 saturated heterocycles. The van der Waals surface area contributed by atoms with E-state index >= 15 is 4.39 Å². The normalized spacial score (nSPS) is 26.4. The number of amides is 1. The first-order valence-corrected chi connectivity index (χ1v) is 15.7. The van der Waals surface area contributed by atoms with Gasteiger partial charge in [-0.05, 0) is 73.4 Å². The summed E-state index contributed by atoms with van der Waals surface area (Å²) in [7, 11) is -4.54. The van der Waals surface area contributed by atoms with Crippen molar-refractivity contribution in [1.82, 2.24) is 4.90 Å². The highest BCUT2D eigenvalue weighted by Gasteiger charge is 2.74. The zero-order valence-corrected chi connectivity index (χ0v) is 24.6. The van der Waals surface area contributed by atoms with Crippen LogP contribution in [0.1, 0.15) is 56.2 Å². The zero-order valence-electron chi connectivity index (χ0n) is 23.8. The topological polar surface area (TPSA) is 63.7 Å². The van der Waals surface area contributed by atoms with Gasteiger partial charge in [-0.25, -0.2) is 17.2 Å². The number of fused-ring (bicyclic) bond motifs is 3. The predicted molar refractivity (Wildman–Crippen MR) is 142 cm³/mol. The van der Waals surface area contributed by atoms with Crippen LogP contribution in [-0.4, -0.2) is 56.9 Å². The average Bonchev–Trinajstić information content (AvgIpc) is 3.37. The second kappa shape index (κ2) is 11.0. The van der Waals surface area contributed by atoms with Gasteiger partial charge in [0.15, 0.2) is 9.84 Å². The van der Waals surface area contributed by atoms with E-state index in [1.165, 1.54) is 4.90 Å². The SMILES string of the molecule is CC(C)C1CC(C(=O)N2CC[C@]3(S(=O)(=O)c4ccc(F)cc4)c4ccc(C(F)(C(F)(F)F)C(F)(F)F)cc4CC[C@H]23)CCO1. The summed E-state index contributed by atoms with van der Waals surface area (Å²) >= 11 is 0. The number of aryl methyl sites for hydroxylation is 1. The number of benzene rings is 2. The number of ether oxygens (including phenoxy) is 1. The van der Waals surface area contributed by atoms with Gasteiger partial charge in [0.2, 0.25) is 5.91 Å². The molecule has 2 fully saturated rings. The van der Waals surface area contributed by atoms with Crippen LogP contribution in [0, 0.1) is 17.7 Å². The van der Waals surface area contributed by atoms with Gasteiger partial charge in [0, 0.05) is 24.6 Å². The van der Waals surface area contributed by atoms with Crippen LogP contribution < -0.4 is 0 Å². The first kappa shape index (κ1) is 32.6. The summed E-state index contributed by atoms with van der Waals surface area (Å²) in [5.74, 6) is -1.39. The lowest BCUT2D eigenvalue weighted by molar-refractivity contribution is -0.348. The molecule has 2 aromatic carbocycles. The molecule has 242 valence electrons. The molecule has 4 atom stereocenters. The standard InChI is InChI=1S/C30H31F8NO4S/c1-17(2)24-16-19(11-14-43-24)26(40)39-13-12-27(44(41,42)22-7-5-21(31)6-8-22)23-9-4-20(15-18(23)3-10-25(27)39)28(32,29(33,34)35)30(36,37)38/h4-9,15,17,19,24-25H,3,10-14,16H2,1-2H3/t19?,24?,25-,27-/m0/s1. The quantitative estimate of drug-likeness (QED) is 0.264. The van der Waals surface area contributed by atoms with Gasteiger partial charge < -0.3 is 9.64 Å². The Morgan fingerprint density at radius 1 is 0.977 bits per heavy atom. The summed E-state index contributed by atoms with van der Waals surface area (Å²) < 4.78 is 143. The molecule has 0 bridgehead atoms. The summed E-state index contributed by atoms with van der Waals surface area (Å²) in [5, 5.41) is 0. The van der Waals surface area contributed by atoms with Crippen LogP contribution in [0.2, 0.25) is 0 Å². The van der Waals surface area contributed by atoms with Gasteiger partial charge in [0.25, 0.3) is 0 Å². The summed E-state index contributed by atoms with van der Waals surface area (Å²) in [6.45, 7) is 4.17. The summed E-state index contributed by atoms with van der Waals surface area (Å²) in [6, 6.07) is 4.42. The van der Waals surface area contributed by atoms with Crippen LogP contribution in [0.4, 0.5) is 35.1 Å². The molecule has 2 unspecified atom stereocenters. The molecule has 0 aromatic heterocycles. The van der Waals surface area contributed by atoms with E-state index in [0.717, 1.165) is 30.3 Å².